The van der Waals surface area contributed by atoms with Gasteiger partial charge in [0.25, 0.3) is 5.91 Å². The molecule has 0 radical (unpaired) electrons. The zero-order chi connectivity index (χ0) is 18.9. The van der Waals surface area contributed by atoms with Crippen molar-refractivity contribution in [2.75, 3.05) is 20.1 Å². The number of carbonyl (C=O) groups is 2. The highest BCUT2D eigenvalue weighted by atomic mass is 19.4. The van der Waals surface area contributed by atoms with Crippen LogP contribution in [0.3, 0.4) is 0 Å². The third kappa shape index (κ3) is 3.35. The Balaban J connectivity index is 1.81. The summed E-state index contributed by atoms with van der Waals surface area (Å²) in [6.07, 6.45) is -3.34. The maximum atomic E-state index is 13.1. The Kier molecular flexibility index (Phi) is 4.58. The summed E-state index contributed by atoms with van der Waals surface area (Å²) < 4.78 is 44.6. The van der Waals surface area contributed by atoms with Crippen LogP contribution in [-0.2, 0) is 22.3 Å². The fraction of sp³-hybridized carbons (Fsp3) is 0.312. The van der Waals surface area contributed by atoms with E-state index in [2.05, 4.69) is 10.3 Å². The molecule has 0 saturated heterocycles. The highest BCUT2D eigenvalue weighted by Crippen LogP contribution is 2.32. The van der Waals surface area contributed by atoms with Crippen molar-refractivity contribution < 1.29 is 27.5 Å². The van der Waals surface area contributed by atoms with Gasteiger partial charge in [-0.1, -0.05) is 18.2 Å². The Morgan fingerprint density at radius 1 is 1.31 bits per heavy atom. The van der Waals surface area contributed by atoms with E-state index in [0.717, 1.165) is 6.07 Å². The van der Waals surface area contributed by atoms with E-state index in [1.165, 1.54) is 41.3 Å². The lowest BCUT2D eigenvalue weighted by Crippen LogP contribution is -2.37. The summed E-state index contributed by atoms with van der Waals surface area (Å²) >= 11 is 0. The summed E-state index contributed by atoms with van der Waals surface area (Å²) in [5.74, 6) is -0.418. The highest BCUT2D eigenvalue weighted by Gasteiger charge is 2.36. The second-order valence-corrected chi connectivity index (χ2v) is 5.61. The molecule has 2 heterocycles. The molecule has 2 aliphatic heterocycles. The third-order valence-electron chi connectivity index (χ3n) is 4.00. The number of carbonyl (C=O) groups excluding carboxylic acids is 2. The number of amides is 3. The first-order valence-corrected chi connectivity index (χ1v) is 7.70. The van der Waals surface area contributed by atoms with Crippen LogP contribution >= 0.6 is 0 Å². The fourth-order valence-electron chi connectivity index (χ4n) is 2.70. The molecule has 7 nitrogen and oxygen atoms in total. The van der Waals surface area contributed by atoms with Crippen molar-refractivity contribution in [1.82, 2.24) is 15.1 Å². The molecule has 2 aliphatic rings. The number of likely N-dealkylation sites (N-methyl/N-ethyl adjacent to an activating group) is 1. The van der Waals surface area contributed by atoms with E-state index in [1.54, 1.807) is 0 Å². The molecule has 1 aromatic rings. The quantitative estimate of drug-likeness (QED) is 0.885. The van der Waals surface area contributed by atoms with Gasteiger partial charge >= 0.3 is 18.2 Å². The molecule has 26 heavy (non-hydrogen) atoms. The van der Waals surface area contributed by atoms with Crippen molar-refractivity contribution in [3.8, 4) is 0 Å². The number of urea groups is 1. The molecular formula is C16H15F3N4O3. The van der Waals surface area contributed by atoms with E-state index in [-0.39, 0.29) is 36.9 Å². The maximum absolute atomic E-state index is 13.1. The van der Waals surface area contributed by atoms with Crippen LogP contribution < -0.4 is 5.32 Å². The van der Waals surface area contributed by atoms with Crippen LogP contribution in [0.2, 0.25) is 0 Å². The SMILES string of the molecule is CNC(=O)C1=COC2=NC(=O)N(Cc3ccccc3C(F)(F)F)CCN12. The number of rotatable bonds is 3. The molecule has 0 fully saturated rings. The first-order valence-electron chi connectivity index (χ1n) is 7.70. The minimum absolute atomic E-state index is 0.0291. The second kappa shape index (κ2) is 6.70. The first kappa shape index (κ1) is 17.8. The molecule has 10 heteroatoms. The van der Waals surface area contributed by atoms with Gasteiger partial charge in [0.05, 0.1) is 5.56 Å². The lowest BCUT2D eigenvalue weighted by Gasteiger charge is -2.22. The summed E-state index contributed by atoms with van der Waals surface area (Å²) in [6, 6.07) is 4.26. The van der Waals surface area contributed by atoms with Crippen LogP contribution in [0.25, 0.3) is 0 Å². The summed E-state index contributed by atoms with van der Waals surface area (Å²) in [5, 5.41) is 2.44. The molecule has 3 amide bonds. The van der Waals surface area contributed by atoms with E-state index in [0.29, 0.717) is 0 Å². The number of hydrogen-bond acceptors (Lipinski definition) is 4. The number of amidine groups is 1. The largest absolute Gasteiger partial charge is 0.431 e. The zero-order valence-corrected chi connectivity index (χ0v) is 13.7. The number of ether oxygens (including phenoxy) is 1. The monoisotopic (exact) mass is 368 g/mol. The number of fused-ring (bicyclic) bond motifs is 1. The number of nitrogens with one attached hydrogen (secondary N) is 1. The maximum Gasteiger partial charge on any atom is 0.416 e. The van der Waals surface area contributed by atoms with Crippen molar-refractivity contribution in [3.05, 3.63) is 47.4 Å². The molecular weight excluding hydrogens is 353 g/mol. The van der Waals surface area contributed by atoms with Crippen LogP contribution in [0, 0.1) is 0 Å². The van der Waals surface area contributed by atoms with Gasteiger partial charge in [-0.3, -0.25) is 9.69 Å². The Hall–Kier alpha value is -3.04. The van der Waals surface area contributed by atoms with Crippen LogP contribution in [-0.4, -0.2) is 47.9 Å². The van der Waals surface area contributed by atoms with E-state index in [1.807, 2.05) is 0 Å². The fourth-order valence-corrected chi connectivity index (χ4v) is 2.70. The van der Waals surface area contributed by atoms with Gasteiger partial charge in [-0.25, -0.2) is 4.79 Å². The first-order chi connectivity index (χ1) is 12.3. The van der Waals surface area contributed by atoms with Crippen molar-refractivity contribution in [2.45, 2.75) is 12.7 Å². The zero-order valence-electron chi connectivity index (χ0n) is 13.7. The van der Waals surface area contributed by atoms with Gasteiger partial charge in [0, 0.05) is 26.7 Å². The van der Waals surface area contributed by atoms with Crippen molar-refractivity contribution >= 4 is 18.0 Å². The van der Waals surface area contributed by atoms with Crippen molar-refractivity contribution in [1.29, 1.82) is 0 Å². The molecule has 138 valence electrons. The molecule has 0 unspecified atom stereocenters. The topological polar surface area (TPSA) is 74.2 Å². The van der Waals surface area contributed by atoms with Crippen LogP contribution in [0.15, 0.2) is 41.2 Å². The molecule has 0 spiro atoms. The molecule has 1 aromatic carbocycles. The third-order valence-corrected chi connectivity index (χ3v) is 4.00. The number of alkyl halides is 3. The standard InChI is InChI=1S/C16H15F3N4O3/c1-20-13(24)12-9-26-15-21-14(25)22(6-7-23(12)15)8-10-4-2-3-5-11(10)16(17,18)19/h2-5,9H,6-8H2,1H3,(H,20,24). The van der Waals surface area contributed by atoms with Crippen molar-refractivity contribution in [2.24, 2.45) is 4.99 Å². The van der Waals surface area contributed by atoms with Crippen molar-refractivity contribution in [3.63, 3.8) is 0 Å². The van der Waals surface area contributed by atoms with E-state index in [4.69, 9.17) is 4.74 Å². The van der Waals surface area contributed by atoms with Gasteiger partial charge in [0.2, 0.25) is 0 Å². The normalized spacial score (nSPS) is 17.2. The minimum Gasteiger partial charge on any atom is -0.431 e. The van der Waals surface area contributed by atoms with Gasteiger partial charge in [-0.15, -0.1) is 4.99 Å². The Labute approximate surface area is 146 Å². The van der Waals surface area contributed by atoms with Gasteiger partial charge in [-0.05, 0) is 11.6 Å². The predicted molar refractivity (Wildman–Crippen MR) is 84.6 cm³/mol. The van der Waals surface area contributed by atoms with Crippen LogP contribution in [0.4, 0.5) is 18.0 Å². The highest BCUT2D eigenvalue weighted by molar-refractivity contribution is 6.01. The average molecular weight is 368 g/mol. The van der Waals surface area contributed by atoms with E-state index >= 15 is 0 Å². The van der Waals surface area contributed by atoms with E-state index < -0.39 is 23.7 Å². The predicted octanol–water partition coefficient (Wildman–Crippen LogP) is 1.92. The van der Waals surface area contributed by atoms with Gasteiger partial charge in [0.15, 0.2) is 0 Å². The van der Waals surface area contributed by atoms with Gasteiger partial charge < -0.3 is 15.0 Å². The smallest absolute Gasteiger partial charge is 0.416 e. The molecule has 0 aliphatic carbocycles. The van der Waals surface area contributed by atoms with E-state index in [9.17, 15) is 22.8 Å². The lowest BCUT2D eigenvalue weighted by atomic mass is 10.1. The molecule has 1 N–H and O–H groups in total. The Morgan fingerprint density at radius 3 is 2.73 bits per heavy atom. The number of hydrogen-bond donors (Lipinski definition) is 1. The minimum atomic E-state index is -4.52. The number of benzene rings is 1. The Bertz CT molecular complexity index is 804. The molecule has 0 aromatic heterocycles. The number of halogens is 3. The average Bonchev–Trinajstić information content (AvgIpc) is 2.92. The Morgan fingerprint density at radius 2 is 2.04 bits per heavy atom. The molecule has 0 saturated carbocycles. The van der Waals surface area contributed by atoms with Crippen LogP contribution in [0.1, 0.15) is 11.1 Å². The summed E-state index contributed by atoms with van der Waals surface area (Å²) in [7, 11) is 1.45. The van der Waals surface area contributed by atoms with Gasteiger partial charge in [0.1, 0.15) is 12.0 Å². The summed E-state index contributed by atoms with van der Waals surface area (Å²) in [4.78, 5) is 30.5. The summed E-state index contributed by atoms with van der Waals surface area (Å²) in [6.45, 7) is -0.00805. The molecule has 0 atom stereocenters. The number of nitrogens with zero attached hydrogens (tertiary/aromatic N) is 3. The molecule has 0 bridgehead atoms. The number of aliphatic imine (C=N–C) groups is 1. The second-order valence-electron chi connectivity index (χ2n) is 5.61. The summed E-state index contributed by atoms with van der Waals surface area (Å²) in [5.41, 5.74) is -0.650. The molecule has 3 rings (SSSR count). The lowest BCUT2D eigenvalue weighted by molar-refractivity contribution is -0.138. The van der Waals surface area contributed by atoms with Gasteiger partial charge in [-0.2, -0.15) is 13.2 Å². The van der Waals surface area contributed by atoms with Crippen LogP contribution in [0.5, 0.6) is 0 Å².